The van der Waals surface area contributed by atoms with Crippen LogP contribution in [-0.4, -0.2) is 4.98 Å². The molecule has 0 saturated carbocycles. The molecule has 2 aromatic carbocycles. The van der Waals surface area contributed by atoms with E-state index in [2.05, 4.69) is 27.0 Å². The van der Waals surface area contributed by atoms with Crippen molar-refractivity contribution < 1.29 is 4.42 Å². The molecule has 2 N–H and O–H groups in total. The molecule has 1 heterocycles. The highest BCUT2D eigenvalue weighted by atomic mass is 79.9. The predicted molar refractivity (Wildman–Crippen MR) is 80.0 cm³/mol. The lowest BCUT2D eigenvalue weighted by Crippen LogP contribution is -1.93. The van der Waals surface area contributed by atoms with E-state index in [0.29, 0.717) is 0 Å². The van der Waals surface area contributed by atoms with Gasteiger partial charge in [-0.05, 0) is 52.2 Å². The number of nitrogens with two attached hydrogens (primary N) is 1. The number of rotatable bonds is 3. The number of anilines is 1. The molecule has 0 radical (unpaired) electrons. The molecule has 0 atom stereocenters. The SMILES string of the molecule is Nc1cccc(CCc2nc3cccc(Br)c3o2)c1. The first kappa shape index (κ1) is 12.2. The highest BCUT2D eigenvalue weighted by Gasteiger charge is 2.08. The fraction of sp³-hybridized carbons (Fsp3) is 0.133. The summed E-state index contributed by atoms with van der Waals surface area (Å²) in [6.45, 7) is 0. The number of oxazole rings is 1. The zero-order valence-electron chi connectivity index (χ0n) is 10.3. The molecule has 0 fully saturated rings. The zero-order valence-corrected chi connectivity index (χ0v) is 11.9. The highest BCUT2D eigenvalue weighted by molar-refractivity contribution is 9.10. The summed E-state index contributed by atoms with van der Waals surface area (Å²) in [4.78, 5) is 4.48. The molecule has 0 unspecified atom stereocenters. The molecule has 3 rings (SSSR count). The number of aromatic nitrogens is 1. The molecule has 0 amide bonds. The lowest BCUT2D eigenvalue weighted by atomic mass is 10.1. The molecular weight excluding hydrogens is 304 g/mol. The Labute approximate surface area is 119 Å². The number of fused-ring (bicyclic) bond motifs is 1. The number of hydrogen-bond acceptors (Lipinski definition) is 3. The number of hydrogen-bond donors (Lipinski definition) is 1. The van der Waals surface area contributed by atoms with Crippen LogP contribution in [0.1, 0.15) is 11.5 Å². The van der Waals surface area contributed by atoms with Crippen LogP contribution in [0, 0.1) is 0 Å². The third-order valence-electron chi connectivity index (χ3n) is 2.99. The van der Waals surface area contributed by atoms with Gasteiger partial charge in [-0.25, -0.2) is 4.98 Å². The second kappa shape index (κ2) is 5.05. The lowest BCUT2D eigenvalue weighted by molar-refractivity contribution is 0.527. The first-order valence-electron chi connectivity index (χ1n) is 6.11. The minimum atomic E-state index is 0.754. The van der Waals surface area contributed by atoms with Gasteiger partial charge in [0.1, 0.15) is 5.52 Å². The van der Waals surface area contributed by atoms with Crippen molar-refractivity contribution in [2.45, 2.75) is 12.8 Å². The van der Waals surface area contributed by atoms with Crippen LogP contribution in [-0.2, 0) is 12.8 Å². The Morgan fingerprint density at radius 1 is 1.11 bits per heavy atom. The van der Waals surface area contributed by atoms with Crippen LogP contribution in [0.15, 0.2) is 51.4 Å². The van der Waals surface area contributed by atoms with Crippen molar-refractivity contribution in [1.29, 1.82) is 0 Å². The molecule has 3 aromatic rings. The fourth-order valence-corrected chi connectivity index (χ4v) is 2.51. The van der Waals surface area contributed by atoms with Crippen LogP contribution in [0.5, 0.6) is 0 Å². The van der Waals surface area contributed by atoms with E-state index in [1.165, 1.54) is 5.56 Å². The third-order valence-corrected chi connectivity index (χ3v) is 3.61. The molecule has 0 saturated heterocycles. The summed E-state index contributed by atoms with van der Waals surface area (Å²) in [5.41, 5.74) is 9.45. The second-order valence-corrected chi connectivity index (χ2v) is 5.30. The number of halogens is 1. The van der Waals surface area contributed by atoms with Crippen molar-refractivity contribution in [2.75, 3.05) is 5.73 Å². The van der Waals surface area contributed by atoms with Gasteiger partial charge in [0.2, 0.25) is 0 Å². The Morgan fingerprint density at radius 2 is 1.95 bits per heavy atom. The quantitative estimate of drug-likeness (QED) is 0.744. The minimum absolute atomic E-state index is 0.754. The number of nitrogens with zero attached hydrogens (tertiary/aromatic N) is 1. The summed E-state index contributed by atoms with van der Waals surface area (Å²) in [5.74, 6) is 0.754. The average Bonchev–Trinajstić information content (AvgIpc) is 2.81. The van der Waals surface area contributed by atoms with Gasteiger partial charge < -0.3 is 10.2 Å². The van der Waals surface area contributed by atoms with Crippen LogP contribution >= 0.6 is 15.9 Å². The topological polar surface area (TPSA) is 52.0 Å². The number of aryl methyl sites for hydroxylation is 2. The first-order valence-corrected chi connectivity index (χ1v) is 6.90. The Kier molecular flexibility index (Phi) is 3.25. The summed E-state index contributed by atoms with van der Waals surface area (Å²) < 4.78 is 6.70. The van der Waals surface area contributed by atoms with Crippen molar-refractivity contribution in [3.05, 3.63) is 58.4 Å². The molecule has 0 aliphatic carbocycles. The largest absolute Gasteiger partial charge is 0.439 e. The van der Waals surface area contributed by atoms with E-state index in [0.717, 1.165) is 40.0 Å². The van der Waals surface area contributed by atoms with Crippen molar-refractivity contribution in [3.8, 4) is 0 Å². The summed E-state index contributed by atoms with van der Waals surface area (Å²) in [6.07, 6.45) is 1.64. The van der Waals surface area contributed by atoms with Gasteiger partial charge in [0.15, 0.2) is 11.5 Å². The van der Waals surface area contributed by atoms with E-state index < -0.39 is 0 Å². The molecule has 96 valence electrons. The minimum Gasteiger partial charge on any atom is -0.439 e. The Balaban J connectivity index is 1.80. The predicted octanol–water partition coefficient (Wildman–Crippen LogP) is 3.96. The van der Waals surface area contributed by atoms with Crippen molar-refractivity contribution in [3.63, 3.8) is 0 Å². The van der Waals surface area contributed by atoms with Crippen molar-refractivity contribution >= 4 is 32.7 Å². The fourth-order valence-electron chi connectivity index (χ4n) is 2.07. The molecule has 19 heavy (non-hydrogen) atoms. The third kappa shape index (κ3) is 2.63. The Morgan fingerprint density at radius 3 is 2.74 bits per heavy atom. The molecular formula is C15H13BrN2O. The van der Waals surface area contributed by atoms with Gasteiger partial charge >= 0.3 is 0 Å². The van der Waals surface area contributed by atoms with Crippen LogP contribution in [0.2, 0.25) is 0 Å². The Bertz CT molecular complexity index is 721. The summed E-state index contributed by atoms with van der Waals surface area (Å²) in [6, 6.07) is 13.8. The maximum Gasteiger partial charge on any atom is 0.195 e. The lowest BCUT2D eigenvalue weighted by Gasteiger charge is -1.99. The van der Waals surface area contributed by atoms with Crippen LogP contribution in [0.3, 0.4) is 0 Å². The van der Waals surface area contributed by atoms with Crippen LogP contribution < -0.4 is 5.73 Å². The maximum absolute atomic E-state index is 5.76. The van der Waals surface area contributed by atoms with Crippen LogP contribution in [0.4, 0.5) is 5.69 Å². The standard InChI is InChI=1S/C15H13BrN2O/c16-12-5-2-6-13-15(12)19-14(18-13)8-7-10-3-1-4-11(17)9-10/h1-6,9H,7-8,17H2. The molecule has 1 aromatic heterocycles. The first-order chi connectivity index (χ1) is 9.22. The van der Waals surface area contributed by atoms with Gasteiger partial charge in [0.05, 0.1) is 4.47 Å². The van der Waals surface area contributed by atoms with Gasteiger partial charge in [-0.3, -0.25) is 0 Å². The maximum atomic E-state index is 5.76. The van der Waals surface area contributed by atoms with Gasteiger partial charge in [0, 0.05) is 12.1 Å². The number of para-hydroxylation sites is 1. The van der Waals surface area contributed by atoms with E-state index in [-0.39, 0.29) is 0 Å². The molecule has 0 aliphatic rings. The Hall–Kier alpha value is -1.81. The van der Waals surface area contributed by atoms with E-state index in [4.69, 9.17) is 10.2 Å². The molecule has 4 heteroatoms. The monoisotopic (exact) mass is 316 g/mol. The second-order valence-electron chi connectivity index (χ2n) is 4.44. The van der Waals surface area contributed by atoms with E-state index in [1.807, 2.05) is 36.4 Å². The smallest absolute Gasteiger partial charge is 0.195 e. The normalized spacial score (nSPS) is 11.0. The van der Waals surface area contributed by atoms with E-state index in [1.54, 1.807) is 0 Å². The van der Waals surface area contributed by atoms with Crippen LogP contribution in [0.25, 0.3) is 11.1 Å². The zero-order chi connectivity index (χ0) is 13.2. The molecule has 3 nitrogen and oxygen atoms in total. The molecule has 0 spiro atoms. The van der Waals surface area contributed by atoms with Crippen molar-refractivity contribution in [1.82, 2.24) is 4.98 Å². The average molecular weight is 317 g/mol. The summed E-state index contributed by atoms with van der Waals surface area (Å²) in [7, 11) is 0. The summed E-state index contributed by atoms with van der Waals surface area (Å²) >= 11 is 3.47. The van der Waals surface area contributed by atoms with E-state index in [9.17, 15) is 0 Å². The highest BCUT2D eigenvalue weighted by Crippen LogP contribution is 2.25. The number of nitrogen functional groups attached to an aromatic ring is 1. The van der Waals surface area contributed by atoms with Gasteiger partial charge in [0.25, 0.3) is 0 Å². The van der Waals surface area contributed by atoms with E-state index >= 15 is 0 Å². The molecule has 0 aliphatic heterocycles. The van der Waals surface area contributed by atoms with Gasteiger partial charge in [-0.1, -0.05) is 18.2 Å². The number of benzene rings is 2. The molecule has 0 bridgehead atoms. The van der Waals surface area contributed by atoms with Gasteiger partial charge in [-0.2, -0.15) is 0 Å². The summed E-state index contributed by atoms with van der Waals surface area (Å²) in [5, 5.41) is 0. The van der Waals surface area contributed by atoms with Gasteiger partial charge in [-0.15, -0.1) is 0 Å². The van der Waals surface area contributed by atoms with Crippen molar-refractivity contribution in [2.24, 2.45) is 0 Å².